The Hall–Kier alpha value is -0.840. The first-order valence-electron chi connectivity index (χ1n) is 8.38. The Kier molecular flexibility index (Phi) is 4.38. The molecule has 118 valence electrons. The van der Waals surface area contributed by atoms with Gasteiger partial charge in [0.1, 0.15) is 11.5 Å². The average molecular weight is 291 g/mol. The van der Waals surface area contributed by atoms with E-state index in [1.807, 2.05) is 6.92 Å². The van der Waals surface area contributed by atoms with Crippen LogP contribution in [0.25, 0.3) is 0 Å². The van der Waals surface area contributed by atoms with Crippen molar-refractivity contribution in [3.63, 3.8) is 0 Å². The Morgan fingerprint density at radius 3 is 2.71 bits per heavy atom. The summed E-state index contributed by atoms with van der Waals surface area (Å²) in [6, 6.07) is 5.97. The van der Waals surface area contributed by atoms with Crippen molar-refractivity contribution in [2.24, 2.45) is 5.73 Å². The van der Waals surface area contributed by atoms with Gasteiger partial charge in [0.2, 0.25) is 0 Å². The molecule has 3 heterocycles. The Labute approximate surface area is 128 Å². The lowest BCUT2D eigenvalue weighted by Crippen LogP contribution is -2.44. The third-order valence-corrected chi connectivity index (χ3v) is 5.50. The summed E-state index contributed by atoms with van der Waals surface area (Å²) >= 11 is 0. The summed E-state index contributed by atoms with van der Waals surface area (Å²) in [7, 11) is 2.29. The topological polar surface area (TPSA) is 45.6 Å². The van der Waals surface area contributed by atoms with E-state index in [0.717, 1.165) is 37.1 Å². The number of hydrogen-bond donors (Lipinski definition) is 1. The molecule has 1 aromatic heterocycles. The highest BCUT2D eigenvalue weighted by atomic mass is 16.3. The van der Waals surface area contributed by atoms with Gasteiger partial charge in [0, 0.05) is 31.2 Å². The maximum Gasteiger partial charge on any atom is 0.122 e. The molecular weight excluding hydrogens is 262 g/mol. The average Bonchev–Trinajstić information content (AvgIpc) is 2.97. The van der Waals surface area contributed by atoms with Gasteiger partial charge >= 0.3 is 0 Å². The van der Waals surface area contributed by atoms with Crippen LogP contribution in [-0.4, -0.2) is 48.1 Å². The van der Waals surface area contributed by atoms with Crippen LogP contribution in [0.5, 0.6) is 0 Å². The lowest BCUT2D eigenvalue weighted by atomic mass is 9.99. The van der Waals surface area contributed by atoms with Gasteiger partial charge in [-0.2, -0.15) is 0 Å². The van der Waals surface area contributed by atoms with Crippen LogP contribution in [0.15, 0.2) is 16.5 Å². The van der Waals surface area contributed by atoms with Crippen molar-refractivity contribution in [2.75, 3.05) is 20.1 Å². The molecule has 2 aliphatic heterocycles. The number of fused-ring (bicyclic) bond motifs is 2. The molecule has 2 saturated heterocycles. The minimum atomic E-state index is 0.137. The van der Waals surface area contributed by atoms with E-state index >= 15 is 0 Å². The summed E-state index contributed by atoms with van der Waals surface area (Å²) in [6.07, 6.45) is 4.91. The van der Waals surface area contributed by atoms with E-state index in [-0.39, 0.29) is 12.1 Å². The molecule has 1 aromatic rings. The van der Waals surface area contributed by atoms with Crippen LogP contribution in [-0.2, 0) is 0 Å². The van der Waals surface area contributed by atoms with Crippen molar-refractivity contribution in [3.8, 4) is 0 Å². The standard InChI is InChI=1S/C17H29N3O/c1-4-15(18)17(16-8-5-12(2)21-16)20-10-9-13-6-7-14(11-20)19(13)3/h5,8,13-15,17H,4,6-7,9-11,18H2,1-3H3. The Bertz CT molecular complexity index is 472. The molecule has 21 heavy (non-hydrogen) atoms. The Morgan fingerprint density at radius 1 is 1.29 bits per heavy atom. The van der Waals surface area contributed by atoms with Gasteiger partial charge in [-0.1, -0.05) is 6.92 Å². The smallest absolute Gasteiger partial charge is 0.122 e. The first kappa shape index (κ1) is 15.1. The van der Waals surface area contributed by atoms with E-state index in [1.165, 1.54) is 19.3 Å². The van der Waals surface area contributed by atoms with Crippen LogP contribution >= 0.6 is 0 Å². The highest BCUT2D eigenvalue weighted by molar-refractivity contribution is 5.13. The van der Waals surface area contributed by atoms with Gasteiger partial charge in [-0.05, 0) is 51.8 Å². The fourth-order valence-electron chi connectivity index (χ4n) is 4.09. The molecule has 4 heteroatoms. The summed E-state index contributed by atoms with van der Waals surface area (Å²) in [5.41, 5.74) is 6.46. The highest BCUT2D eigenvalue weighted by Gasteiger charge is 2.38. The lowest BCUT2D eigenvalue weighted by molar-refractivity contribution is 0.132. The first-order chi connectivity index (χ1) is 10.1. The number of nitrogens with zero attached hydrogens (tertiary/aromatic N) is 2. The highest BCUT2D eigenvalue weighted by Crippen LogP contribution is 2.34. The Balaban J connectivity index is 1.83. The normalized spacial score (nSPS) is 30.3. The summed E-state index contributed by atoms with van der Waals surface area (Å²) < 4.78 is 5.93. The zero-order valence-electron chi connectivity index (χ0n) is 13.6. The van der Waals surface area contributed by atoms with Crippen molar-refractivity contribution in [3.05, 3.63) is 23.7 Å². The van der Waals surface area contributed by atoms with Gasteiger partial charge in [0.15, 0.2) is 0 Å². The van der Waals surface area contributed by atoms with Crippen LogP contribution in [0.3, 0.4) is 0 Å². The van der Waals surface area contributed by atoms with Crippen molar-refractivity contribution in [1.82, 2.24) is 9.80 Å². The molecule has 4 unspecified atom stereocenters. The van der Waals surface area contributed by atoms with Gasteiger partial charge in [0.05, 0.1) is 6.04 Å². The van der Waals surface area contributed by atoms with Gasteiger partial charge in [-0.25, -0.2) is 0 Å². The molecule has 0 aliphatic carbocycles. The molecular formula is C17H29N3O. The maximum absolute atomic E-state index is 6.46. The van der Waals surface area contributed by atoms with Crippen LogP contribution in [0.4, 0.5) is 0 Å². The monoisotopic (exact) mass is 291 g/mol. The molecule has 2 aliphatic rings. The second kappa shape index (κ2) is 6.11. The van der Waals surface area contributed by atoms with Crippen molar-refractivity contribution in [1.29, 1.82) is 0 Å². The number of likely N-dealkylation sites (N-methyl/N-ethyl adjacent to an activating group) is 1. The third-order valence-electron chi connectivity index (χ3n) is 5.50. The quantitative estimate of drug-likeness (QED) is 0.926. The molecule has 0 saturated carbocycles. The van der Waals surface area contributed by atoms with Crippen molar-refractivity contribution >= 4 is 0 Å². The number of furan rings is 1. The second-order valence-corrected chi connectivity index (χ2v) is 6.80. The summed E-state index contributed by atoms with van der Waals surface area (Å²) in [5, 5.41) is 0. The fraction of sp³-hybridized carbons (Fsp3) is 0.765. The molecule has 4 atom stereocenters. The minimum Gasteiger partial charge on any atom is -0.465 e. The second-order valence-electron chi connectivity index (χ2n) is 6.80. The lowest BCUT2D eigenvalue weighted by Gasteiger charge is -2.35. The molecule has 0 radical (unpaired) electrons. The minimum absolute atomic E-state index is 0.137. The van der Waals surface area contributed by atoms with Crippen LogP contribution in [0.1, 0.15) is 50.2 Å². The number of rotatable bonds is 4. The van der Waals surface area contributed by atoms with E-state index in [9.17, 15) is 0 Å². The van der Waals surface area contributed by atoms with E-state index in [1.54, 1.807) is 0 Å². The van der Waals surface area contributed by atoms with Crippen LogP contribution in [0, 0.1) is 6.92 Å². The van der Waals surface area contributed by atoms with E-state index in [0.29, 0.717) is 6.04 Å². The molecule has 0 amide bonds. The zero-order valence-corrected chi connectivity index (χ0v) is 13.6. The predicted octanol–water partition coefficient (Wildman–Crippen LogP) is 2.53. The van der Waals surface area contributed by atoms with Gasteiger partial charge in [-0.15, -0.1) is 0 Å². The SMILES string of the molecule is CCC(N)C(c1ccc(C)o1)N1CCC2CCC(C1)N2C. The van der Waals surface area contributed by atoms with Crippen molar-refractivity contribution < 1.29 is 4.42 Å². The summed E-state index contributed by atoms with van der Waals surface area (Å²) in [6.45, 7) is 6.43. The van der Waals surface area contributed by atoms with Crippen LogP contribution < -0.4 is 5.73 Å². The van der Waals surface area contributed by atoms with Gasteiger partial charge < -0.3 is 10.2 Å². The van der Waals surface area contributed by atoms with Crippen LogP contribution in [0.2, 0.25) is 0 Å². The number of hydrogen-bond acceptors (Lipinski definition) is 4. The van der Waals surface area contributed by atoms with Gasteiger partial charge in [-0.3, -0.25) is 9.80 Å². The van der Waals surface area contributed by atoms with E-state index in [4.69, 9.17) is 10.2 Å². The summed E-state index contributed by atoms with van der Waals surface area (Å²) in [4.78, 5) is 5.16. The molecule has 0 spiro atoms. The van der Waals surface area contributed by atoms with Gasteiger partial charge in [0.25, 0.3) is 0 Å². The largest absolute Gasteiger partial charge is 0.465 e. The molecule has 2 fully saturated rings. The Morgan fingerprint density at radius 2 is 2.05 bits per heavy atom. The molecule has 2 bridgehead atoms. The first-order valence-corrected chi connectivity index (χ1v) is 8.38. The molecule has 0 aromatic carbocycles. The summed E-state index contributed by atoms with van der Waals surface area (Å²) in [5.74, 6) is 2.02. The third kappa shape index (κ3) is 2.89. The molecule has 4 nitrogen and oxygen atoms in total. The fourth-order valence-corrected chi connectivity index (χ4v) is 4.09. The molecule has 2 N–H and O–H groups in total. The van der Waals surface area contributed by atoms with E-state index in [2.05, 4.69) is 35.9 Å². The number of aryl methyl sites for hydroxylation is 1. The van der Waals surface area contributed by atoms with Crippen molar-refractivity contribution in [2.45, 2.75) is 63.7 Å². The number of nitrogens with two attached hydrogens (primary N) is 1. The maximum atomic E-state index is 6.46. The molecule has 3 rings (SSSR count). The van der Waals surface area contributed by atoms with E-state index < -0.39 is 0 Å². The number of likely N-dealkylation sites (tertiary alicyclic amines) is 1. The zero-order chi connectivity index (χ0) is 15.0. The predicted molar refractivity (Wildman–Crippen MR) is 85.2 cm³/mol.